The number of Topliss-reactive ketones (excluding diaryl/α,β-unsaturated/α-hetero) is 1. The fourth-order valence-electron chi connectivity index (χ4n) is 2.79. The summed E-state index contributed by atoms with van der Waals surface area (Å²) in [4.78, 5) is 48.4. The number of phenols is 1. The number of imide groups is 1. The Balaban J connectivity index is 1.81. The Morgan fingerprint density at radius 1 is 1.16 bits per heavy atom. The van der Waals surface area contributed by atoms with Gasteiger partial charge in [-0.25, -0.2) is 0 Å². The number of hydrogen-bond donors (Lipinski definition) is 1. The Kier molecular flexibility index (Phi) is 6.25. The van der Waals surface area contributed by atoms with E-state index in [0.29, 0.717) is 17.3 Å². The third-order valence-corrected chi connectivity index (χ3v) is 5.28. The molecule has 160 valence electrons. The lowest BCUT2D eigenvalue weighted by molar-refractivity contribution is -0.384. The number of nitrogens with zero attached hydrogens (tertiary/aromatic N) is 2. The van der Waals surface area contributed by atoms with E-state index in [9.17, 15) is 29.6 Å². The Bertz CT molecular complexity index is 1090. The van der Waals surface area contributed by atoms with Gasteiger partial charge in [0.2, 0.25) is 5.75 Å². The van der Waals surface area contributed by atoms with Crippen LogP contribution in [0.4, 0.5) is 10.5 Å². The molecule has 31 heavy (non-hydrogen) atoms. The van der Waals surface area contributed by atoms with Crippen LogP contribution < -0.4 is 9.47 Å². The van der Waals surface area contributed by atoms with Gasteiger partial charge in [-0.3, -0.25) is 29.4 Å². The summed E-state index contributed by atoms with van der Waals surface area (Å²) in [5, 5.41) is 20.1. The maximum absolute atomic E-state index is 12.7. The summed E-state index contributed by atoms with van der Waals surface area (Å²) in [5.41, 5.74) is 0.408. The SMILES string of the molecule is COc1cc(/C=C2/SC(=O)N(CC(=O)c3ccc([N+](=O)[O-])cc3)C2=O)cc(OC)c1O. The van der Waals surface area contributed by atoms with Gasteiger partial charge in [0.1, 0.15) is 0 Å². The minimum absolute atomic E-state index is 0.0799. The van der Waals surface area contributed by atoms with E-state index in [0.717, 1.165) is 4.90 Å². The van der Waals surface area contributed by atoms with Crippen LogP contribution in [0.3, 0.4) is 0 Å². The number of nitro groups is 1. The summed E-state index contributed by atoms with van der Waals surface area (Å²) in [5.74, 6) is -1.15. The van der Waals surface area contributed by atoms with Crippen LogP contribution >= 0.6 is 11.8 Å². The molecular formula is C20H16N2O8S. The van der Waals surface area contributed by atoms with E-state index in [-0.39, 0.29) is 33.4 Å². The van der Waals surface area contributed by atoms with Crippen LogP contribution in [0.5, 0.6) is 17.2 Å². The van der Waals surface area contributed by atoms with E-state index in [2.05, 4.69) is 0 Å². The highest BCUT2D eigenvalue weighted by molar-refractivity contribution is 8.18. The van der Waals surface area contributed by atoms with Crippen molar-refractivity contribution in [3.8, 4) is 17.2 Å². The van der Waals surface area contributed by atoms with Crippen molar-refractivity contribution in [1.82, 2.24) is 4.90 Å². The number of carbonyl (C=O) groups excluding carboxylic acids is 3. The maximum Gasteiger partial charge on any atom is 0.293 e. The summed E-state index contributed by atoms with van der Waals surface area (Å²) >= 11 is 0.664. The van der Waals surface area contributed by atoms with Crippen LogP contribution in [0.25, 0.3) is 6.08 Å². The van der Waals surface area contributed by atoms with Gasteiger partial charge in [-0.2, -0.15) is 0 Å². The van der Waals surface area contributed by atoms with E-state index in [1.54, 1.807) is 0 Å². The number of hydrogen-bond acceptors (Lipinski definition) is 9. The van der Waals surface area contributed by atoms with Crippen LogP contribution in [-0.2, 0) is 4.79 Å². The normalized spacial score (nSPS) is 14.8. The summed E-state index contributed by atoms with van der Waals surface area (Å²) < 4.78 is 10.1. The lowest BCUT2D eigenvalue weighted by Gasteiger charge is -2.11. The van der Waals surface area contributed by atoms with Crippen molar-refractivity contribution in [3.63, 3.8) is 0 Å². The summed E-state index contributed by atoms with van der Waals surface area (Å²) in [6, 6.07) is 7.82. The molecule has 0 bridgehead atoms. The molecule has 10 nitrogen and oxygen atoms in total. The zero-order valence-electron chi connectivity index (χ0n) is 16.4. The molecule has 1 fully saturated rings. The zero-order chi connectivity index (χ0) is 22.7. The highest BCUT2D eigenvalue weighted by Gasteiger charge is 2.36. The van der Waals surface area contributed by atoms with Gasteiger partial charge in [0.15, 0.2) is 17.3 Å². The van der Waals surface area contributed by atoms with Gasteiger partial charge in [0, 0.05) is 17.7 Å². The molecule has 1 aliphatic rings. The minimum atomic E-state index is -0.656. The topological polar surface area (TPSA) is 136 Å². The van der Waals surface area contributed by atoms with Gasteiger partial charge in [-0.15, -0.1) is 0 Å². The van der Waals surface area contributed by atoms with Gasteiger partial charge in [0.05, 0.1) is 30.6 Å². The molecule has 0 atom stereocenters. The van der Waals surface area contributed by atoms with Crippen LogP contribution in [0, 0.1) is 10.1 Å². The second-order valence-corrected chi connectivity index (χ2v) is 7.26. The van der Waals surface area contributed by atoms with E-state index < -0.39 is 28.4 Å². The molecular weight excluding hydrogens is 428 g/mol. The largest absolute Gasteiger partial charge is 0.502 e. The first-order valence-corrected chi connectivity index (χ1v) is 9.54. The highest BCUT2D eigenvalue weighted by atomic mass is 32.2. The molecule has 2 amide bonds. The van der Waals surface area contributed by atoms with Gasteiger partial charge >= 0.3 is 0 Å². The zero-order valence-corrected chi connectivity index (χ0v) is 17.2. The van der Waals surface area contributed by atoms with Crippen molar-refractivity contribution in [3.05, 3.63) is 62.5 Å². The first kappa shape index (κ1) is 21.8. The average molecular weight is 444 g/mol. The van der Waals surface area contributed by atoms with Crippen molar-refractivity contribution in [2.45, 2.75) is 0 Å². The van der Waals surface area contributed by atoms with Crippen molar-refractivity contribution in [2.75, 3.05) is 20.8 Å². The number of carbonyl (C=O) groups is 3. The van der Waals surface area contributed by atoms with Gasteiger partial charge in [-0.05, 0) is 47.7 Å². The quantitative estimate of drug-likeness (QED) is 0.295. The van der Waals surface area contributed by atoms with E-state index >= 15 is 0 Å². The van der Waals surface area contributed by atoms with Crippen LogP contribution in [0.15, 0.2) is 41.3 Å². The fourth-order valence-corrected chi connectivity index (χ4v) is 3.63. The standard InChI is InChI=1S/C20H16N2O8S/c1-29-15-7-11(8-16(30-2)18(15)24)9-17-19(25)21(20(26)31-17)10-14(23)12-3-5-13(6-4-12)22(27)28/h3-9,24H,10H2,1-2H3/b17-9+. The van der Waals surface area contributed by atoms with Crippen LogP contribution in [-0.4, -0.2) is 52.6 Å². The lowest BCUT2D eigenvalue weighted by Crippen LogP contribution is -2.33. The summed E-state index contributed by atoms with van der Waals surface area (Å²) in [6.07, 6.45) is 1.42. The molecule has 0 unspecified atom stereocenters. The van der Waals surface area contributed by atoms with Gasteiger partial charge in [-0.1, -0.05) is 0 Å². The number of phenolic OH excluding ortho intramolecular Hbond substituents is 1. The Morgan fingerprint density at radius 3 is 2.26 bits per heavy atom. The number of amides is 2. The number of ether oxygens (including phenoxy) is 2. The van der Waals surface area contributed by atoms with Crippen molar-refractivity contribution in [2.24, 2.45) is 0 Å². The van der Waals surface area contributed by atoms with Crippen LogP contribution in [0.2, 0.25) is 0 Å². The van der Waals surface area contributed by atoms with Gasteiger partial charge < -0.3 is 14.6 Å². The number of nitro benzene ring substituents is 1. The molecule has 2 aromatic carbocycles. The van der Waals surface area contributed by atoms with Crippen LogP contribution in [0.1, 0.15) is 15.9 Å². The molecule has 0 aromatic heterocycles. The second-order valence-electron chi connectivity index (χ2n) is 6.27. The molecule has 1 aliphatic heterocycles. The third-order valence-electron chi connectivity index (χ3n) is 4.38. The fraction of sp³-hybridized carbons (Fsp3) is 0.150. The Hall–Kier alpha value is -3.86. The monoisotopic (exact) mass is 444 g/mol. The molecule has 1 N–H and O–H groups in total. The maximum atomic E-state index is 12.7. The molecule has 2 aromatic rings. The van der Waals surface area contributed by atoms with E-state index in [4.69, 9.17) is 9.47 Å². The third kappa shape index (κ3) is 4.51. The predicted octanol–water partition coefficient (Wildman–Crippen LogP) is 3.24. The first-order valence-electron chi connectivity index (χ1n) is 8.73. The molecule has 11 heteroatoms. The molecule has 0 radical (unpaired) electrons. The Labute approximate surface area is 180 Å². The lowest BCUT2D eigenvalue weighted by atomic mass is 10.1. The number of ketones is 1. The van der Waals surface area contributed by atoms with Gasteiger partial charge in [0.25, 0.3) is 16.8 Å². The Morgan fingerprint density at radius 2 is 1.74 bits per heavy atom. The average Bonchev–Trinajstić information content (AvgIpc) is 3.01. The predicted molar refractivity (Wildman–Crippen MR) is 111 cm³/mol. The number of methoxy groups -OCH3 is 2. The number of rotatable bonds is 7. The molecule has 1 heterocycles. The van der Waals surface area contributed by atoms with E-state index in [1.165, 1.54) is 56.7 Å². The molecule has 3 rings (SSSR count). The summed E-state index contributed by atoms with van der Waals surface area (Å²) in [6.45, 7) is -0.498. The van der Waals surface area contributed by atoms with Crippen molar-refractivity contribution < 1.29 is 33.9 Å². The molecule has 0 aliphatic carbocycles. The highest BCUT2D eigenvalue weighted by Crippen LogP contribution is 2.39. The van der Waals surface area contributed by atoms with E-state index in [1.807, 2.05) is 0 Å². The summed E-state index contributed by atoms with van der Waals surface area (Å²) in [7, 11) is 2.71. The minimum Gasteiger partial charge on any atom is -0.502 e. The smallest absolute Gasteiger partial charge is 0.293 e. The van der Waals surface area contributed by atoms with Crippen molar-refractivity contribution >= 4 is 40.5 Å². The molecule has 0 saturated carbocycles. The molecule has 1 saturated heterocycles. The first-order chi connectivity index (χ1) is 14.7. The van der Waals surface area contributed by atoms with Crippen molar-refractivity contribution in [1.29, 1.82) is 0 Å². The molecule has 0 spiro atoms. The number of non-ortho nitro benzene ring substituents is 1. The second kappa shape index (κ2) is 8.88. The number of thioether (sulfide) groups is 1. The number of benzene rings is 2. The number of aromatic hydroxyl groups is 1.